The molecule has 12 nitrogen and oxygen atoms in total. The summed E-state index contributed by atoms with van der Waals surface area (Å²) in [5, 5.41) is 10.3. The molecule has 6 rings (SSSR count). The quantitative estimate of drug-likeness (QED) is 0.177. The first kappa shape index (κ1) is 32.4. The predicted molar refractivity (Wildman–Crippen MR) is 174 cm³/mol. The molecule has 0 spiro atoms. The zero-order chi connectivity index (χ0) is 33.8. The fourth-order valence-corrected chi connectivity index (χ4v) is 5.38. The lowest BCUT2D eigenvalue weighted by Gasteiger charge is -2.28. The highest BCUT2D eigenvalue weighted by Crippen LogP contribution is 2.36. The summed E-state index contributed by atoms with van der Waals surface area (Å²) < 4.78 is 58.9. The third-order valence-electron chi connectivity index (χ3n) is 7.76. The van der Waals surface area contributed by atoms with Gasteiger partial charge in [0.2, 0.25) is 0 Å². The first-order chi connectivity index (χ1) is 23.1. The second-order valence-corrected chi connectivity index (χ2v) is 10.9. The molecule has 0 bridgehead atoms. The molecule has 48 heavy (non-hydrogen) atoms. The van der Waals surface area contributed by atoms with E-state index in [2.05, 4.69) is 30.6 Å². The number of hydrogen-bond acceptors (Lipinski definition) is 9. The van der Waals surface area contributed by atoms with Crippen LogP contribution in [0.2, 0.25) is 0 Å². The van der Waals surface area contributed by atoms with Crippen molar-refractivity contribution >= 4 is 28.9 Å². The van der Waals surface area contributed by atoms with Crippen LogP contribution < -0.4 is 30.7 Å². The number of aryl methyl sites for hydroxylation is 1. The maximum absolute atomic E-state index is 13.5. The average molecular weight is 663 g/mol. The number of nitrogens with zero attached hydrogens (tertiary/aromatic N) is 5. The molecule has 2 amide bonds. The Labute approximate surface area is 273 Å². The number of fused-ring (bicyclic) bond motifs is 1. The molecule has 3 aromatic heterocycles. The molecule has 1 fully saturated rings. The maximum atomic E-state index is 13.5. The number of aromatic nitrogens is 4. The number of methoxy groups -OCH3 is 1. The summed E-state index contributed by atoms with van der Waals surface area (Å²) in [7, 11) is 1.50. The van der Waals surface area contributed by atoms with Gasteiger partial charge in [-0.05, 0) is 67.6 Å². The number of urea groups is 1. The van der Waals surface area contributed by atoms with Crippen molar-refractivity contribution in [2.24, 2.45) is 0 Å². The van der Waals surface area contributed by atoms with E-state index in [0.717, 1.165) is 24.8 Å². The smallest absolute Gasteiger partial charge is 0.419 e. The lowest BCUT2D eigenvalue weighted by atomic mass is 10.1. The van der Waals surface area contributed by atoms with E-state index >= 15 is 0 Å². The number of imidazole rings is 1. The standard InChI is InChI=1S/C33H33F3N8O4/c1-20-30(22-17-25(33(34,35)36)31(37)39-19-22)44-29(40-20)10-8-26(42-44)21-3-9-27(28(18-21)46-2)48-14-11-38-32(45)41-23-4-6-24(7-5-23)43-12-15-47-16-13-43/h3-10,17-19H,11-16H2,1-2H3,(H2,37,39)(H2,38,41,45). The van der Waals surface area contributed by atoms with Gasteiger partial charge in [-0.2, -0.15) is 18.3 Å². The van der Waals surface area contributed by atoms with Gasteiger partial charge in [-0.3, -0.25) is 0 Å². The van der Waals surface area contributed by atoms with Gasteiger partial charge >= 0.3 is 12.2 Å². The first-order valence-corrected chi connectivity index (χ1v) is 15.1. The van der Waals surface area contributed by atoms with E-state index in [9.17, 15) is 18.0 Å². The number of carbonyl (C=O) groups excluding carboxylic acids is 1. The molecule has 1 aliphatic heterocycles. The molecule has 4 N–H and O–H groups in total. The van der Waals surface area contributed by atoms with Gasteiger partial charge in [0.15, 0.2) is 17.1 Å². The molecule has 5 aromatic rings. The van der Waals surface area contributed by atoms with Crippen molar-refractivity contribution < 1.29 is 32.2 Å². The maximum Gasteiger partial charge on any atom is 0.419 e. The minimum absolute atomic E-state index is 0.177. The van der Waals surface area contributed by atoms with Crippen LogP contribution in [0.1, 0.15) is 11.3 Å². The summed E-state index contributed by atoms with van der Waals surface area (Å²) in [6, 6.07) is 16.9. The lowest BCUT2D eigenvalue weighted by Crippen LogP contribution is -2.36. The van der Waals surface area contributed by atoms with Crippen molar-refractivity contribution in [2.75, 3.05) is 62.5 Å². The number of nitrogens with two attached hydrogens (primary N) is 1. The number of nitrogens with one attached hydrogen (secondary N) is 2. The fraction of sp³-hybridized carbons (Fsp3) is 0.273. The van der Waals surface area contributed by atoms with E-state index in [-0.39, 0.29) is 24.7 Å². The van der Waals surface area contributed by atoms with Gasteiger partial charge < -0.3 is 35.5 Å². The number of hydrogen-bond donors (Lipinski definition) is 3. The lowest BCUT2D eigenvalue weighted by molar-refractivity contribution is -0.137. The van der Waals surface area contributed by atoms with Gasteiger partial charge in [0.1, 0.15) is 12.4 Å². The summed E-state index contributed by atoms with van der Waals surface area (Å²) in [4.78, 5) is 22.9. The van der Waals surface area contributed by atoms with Crippen LogP contribution >= 0.6 is 0 Å². The number of pyridine rings is 1. The number of rotatable bonds is 9. The average Bonchev–Trinajstić information content (AvgIpc) is 3.42. The number of nitrogen functional groups attached to an aromatic ring is 1. The van der Waals surface area contributed by atoms with Gasteiger partial charge in [0, 0.05) is 41.8 Å². The molecule has 0 saturated carbocycles. The number of carbonyl (C=O) groups is 1. The highest BCUT2D eigenvalue weighted by Gasteiger charge is 2.34. The Morgan fingerprint density at radius 2 is 1.79 bits per heavy atom. The van der Waals surface area contributed by atoms with Crippen LogP contribution in [0.25, 0.3) is 28.2 Å². The highest BCUT2D eigenvalue weighted by molar-refractivity contribution is 5.89. The number of ether oxygens (including phenoxy) is 3. The highest BCUT2D eigenvalue weighted by atomic mass is 19.4. The van der Waals surface area contributed by atoms with Crippen LogP contribution in [0.4, 0.5) is 35.2 Å². The van der Waals surface area contributed by atoms with E-state index in [1.807, 2.05) is 24.3 Å². The van der Waals surface area contributed by atoms with Crippen molar-refractivity contribution in [3.8, 4) is 34.0 Å². The van der Waals surface area contributed by atoms with Gasteiger partial charge in [0.05, 0.1) is 49.5 Å². The molecule has 0 aliphatic carbocycles. The zero-order valence-electron chi connectivity index (χ0n) is 26.2. The third-order valence-corrected chi connectivity index (χ3v) is 7.76. The monoisotopic (exact) mass is 662 g/mol. The largest absolute Gasteiger partial charge is 0.493 e. The Morgan fingerprint density at radius 1 is 1.02 bits per heavy atom. The predicted octanol–water partition coefficient (Wildman–Crippen LogP) is 5.41. The SMILES string of the molecule is COc1cc(-c2ccc3nc(C)c(-c4cnc(N)c(C(F)(F)F)c4)n3n2)ccc1OCCNC(=O)Nc1ccc(N2CCOCC2)cc1. The third kappa shape index (κ3) is 7.05. The van der Waals surface area contributed by atoms with E-state index in [1.165, 1.54) is 17.8 Å². The molecule has 250 valence electrons. The molecule has 0 unspecified atom stereocenters. The minimum Gasteiger partial charge on any atom is -0.493 e. The molecule has 1 aliphatic rings. The fourth-order valence-electron chi connectivity index (χ4n) is 5.38. The molecule has 0 atom stereocenters. The topological polar surface area (TPSA) is 141 Å². The van der Waals surface area contributed by atoms with E-state index in [4.69, 9.17) is 19.9 Å². The summed E-state index contributed by atoms with van der Waals surface area (Å²) in [6.07, 6.45) is -3.40. The Bertz CT molecular complexity index is 1930. The number of benzene rings is 2. The summed E-state index contributed by atoms with van der Waals surface area (Å²) in [5.41, 5.74) is 8.87. The molecular formula is C33H33F3N8O4. The van der Waals surface area contributed by atoms with Crippen molar-refractivity contribution in [3.05, 3.63) is 78.1 Å². The number of anilines is 3. The summed E-state index contributed by atoms with van der Waals surface area (Å²) in [6.45, 7) is 5.16. The molecule has 4 heterocycles. The van der Waals surface area contributed by atoms with Crippen molar-refractivity contribution in [1.29, 1.82) is 0 Å². The second kappa shape index (κ2) is 13.7. The van der Waals surface area contributed by atoms with Crippen molar-refractivity contribution in [2.45, 2.75) is 13.1 Å². The molecular weight excluding hydrogens is 629 g/mol. The Balaban J connectivity index is 1.10. The van der Waals surface area contributed by atoms with E-state index < -0.39 is 17.6 Å². The van der Waals surface area contributed by atoms with Gasteiger partial charge in [-0.15, -0.1) is 0 Å². The zero-order valence-corrected chi connectivity index (χ0v) is 26.2. The van der Waals surface area contributed by atoms with Crippen LogP contribution in [-0.4, -0.2) is 72.2 Å². The van der Waals surface area contributed by atoms with Crippen LogP contribution in [0.5, 0.6) is 11.5 Å². The summed E-state index contributed by atoms with van der Waals surface area (Å²) in [5.74, 6) is 0.277. The van der Waals surface area contributed by atoms with Crippen molar-refractivity contribution in [3.63, 3.8) is 0 Å². The van der Waals surface area contributed by atoms with Crippen LogP contribution in [-0.2, 0) is 10.9 Å². The number of amides is 2. The molecule has 0 radical (unpaired) electrons. The normalized spacial score (nSPS) is 13.4. The molecule has 2 aromatic carbocycles. The van der Waals surface area contributed by atoms with Crippen LogP contribution in [0, 0.1) is 6.92 Å². The number of alkyl halides is 3. The van der Waals surface area contributed by atoms with E-state index in [0.29, 0.717) is 58.7 Å². The molecule has 15 heteroatoms. The Morgan fingerprint density at radius 3 is 2.52 bits per heavy atom. The van der Waals surface area contributed by atoms with Gasteiger partial charge in [0.25, 0.3) is 0 Å². The second-order valence-electron chi connectivity index (χ2n) is 10.9. The van der Waals surface area contributed by atoms with Gasteiger partial charge in [-0.25, -0.2) is 19.3 Å². The van der Waals surface area contributed by atoms with Crippen LogP contribution in [0.15, 0.2) is 66.9 Å². The number of morpholine rings is 1. The minimum atomic E-state index is -4.67. The molecule has 1 saturated heterocycles. The number of halogens is 3. The van der Waals surface area contributed by atoms with Crippen LogP contribution in [0.3, 0.4) is 0 Å². The Hall–Kier alpha value is -5.57. The summed E-state index contributed by atoms with van der Waals surface area (Å²) >= 11 is 0. The van der Waals surface area contributed by atoms with Gasteiger partial charge in [-0.1, -0.05) is 0 Å². The van der Waals surface area contributed by atoms with E-state index in [1.54, 1.807) is 37.3 Å². The van der Waals surface area contributed by atoms with Crippen molar-refractivity contribution in [1.82, 2.24) is 24.9 Å². The Kier molecular flexibility index (Phi) is 9.21. The first-order valence-electron chi connectivity index (χ1n) is 15.1.